The third-order valence-corrected chi connectivity index (χ3v) is 4.00. The van der Waals surface area contributed by atoms with Gasteiger partial charge in [-0.25, -0.2) is 4.98 Å². The van der Waals surface area contributed by atoms with Crippen LogP contribution in [-0.2, 0) is 12.2 Å². The normalized spacial score (nSPS) is 11.6. The van der Waals surface area contributed by atoms with Crippen molar-refractivity contribution in [3.8, 4) is 5.75 Å². The van der Waals surface area contributed by atoms with Crippen LogP contribution in [0.3, 0.4) is 0 Å². The summed E-state index contributed by atoms with van der Waals surface area (Å²) in [6, 6.07) is 6.14. The van der Waals surface area contributed by atoms with Crippen molar-refractivity contribution in [1.82, 2.24) is 4.98 Å². The first-order valence-electron chi connectivity index (χ1n) is 6.23. The molecule has 4 heteroatoms. The number of nitrogens with zero attached hydrogens (tertiary/aromatic N) is 1. The second-order valence-electron chi connectivity index (χ2n) is 5.29. The highest BCUT2D eigenvalue weighted by Gasteiger charge is 2.19. The molecule has 1 heterocycles. The Balaban J connectivity index is 2.04. The smallest absolute Gasteiger partial charge is 0.140 e. The Labute approximate surface area is 117 Å². The van der Waals surface area contributed by atoms with Crippen LogP contribution in [0.5, 0.6) is 5.75 Å². The molecule has 1 aromatic heterocycles. The summed E-state index contributed by atoms with van der Waals surface area (Å²) in [6.45, 7) is 8.05. The maximum absolute atomic E-state index is 9.89. The van der Waals surface area contributed by atoms with Crippen LogP contribution in [-0.4, -0.2) is 10.1 Å². The number of hydrogen-bond donors (Lipinski definition) is 1. The topological polar surface area (TPSA) is 42.4 Å². The van der Waals surface area contributed by atoms with Crippen molar-refractivity contribution in [1.29, 1.82) is 0 Å². The molecule has 0 saturated carbocycles. The zero-order valence-electron chi connectivity index (χ0n) is 11.7. The van der Waals surface area contributed by atoms with Crippen molar-refractivity contribution in [2.75, 3.05) is 0 Å². The molecule has 0 fully saturated rings. The van der Waals surface area contributed by atoms with Gasteiger partial charge < -0.3 is 9.84 Å². The Morgan fingerprint density at radius 3 is 2.37 bits per heavy atom. The van der Waals surface area contributed by atoms with E-state index in [0.29, 0.717) is 6.61 Å². The number of hydrogen-bond acceptors (Lipinski definition) is 4. The van der Waals surface area contributed by atoms with Crippen LogP contribution in [0.1, 0.15) is 34.9 Å². The van der Waals surface area contributed by atoms with Gasteiger partial charge in [0.1, 0.15) is 17.4 Å². The third kappa shape index (κ3) is 3.78. The molecule has 2 rings (SSSR count). The summed E-state index contributed by atoms with van der Waals surface area (Å²) < 4.78 is 5.75. The van der Waals surface area contributed by atoms with Gasteiger partial charge in [-0.05, 0) is 51.0 Å². The van der Waals surface area contributed by atoms with Crippen LogP contribution in [0.15, 0.2) is 24.4 Å². The fourth-order valence-electron chi connectivity index (χ4n) is 1.82. The van der Waals surface area contributed by atoms with E-state index in [4.69, 9.17) is 4.74 Å². The molecular weight excluding hydrogens is 258 g/mol. The minimum Gasteiger partial charge on any atom is -0.486 e. The maximum atomic E-state index is 9.89. The van der Waals surface area contributed by atoms with Crippen molar-refractivity contribution in [2.24, 2.45) is 0 Å². The molecule has 19 heavy (non-hydrogen) atoms. The summed E-state index contributed by atoms with van der Waals surface area (Å²) in [6.07, 6.45) is 1.71. The predicted octanol–water partition coefficient (Wildman–Crippen LogP) is 3.57. The van der Waals surface area contributed by atoms with Gasteiger partial charge in [0.15, 0.2) is 0 Å². The average molecular weight is 277 g/mol. The van der Waals surface area contributed by atoms with E-state index in [-0.39, 0.29) is 0 Å². The minimum absolute atomic E-state index is 0.434. The van der Waals surface area contributed by atoms with Gasteiger partial charge in [0.05, 0.1) is 10.5 Å². The van der Waals surface area contributed by atoms with Crippen LogP contribution >= 0.6 is 11.3 Å². The molecule has 3 nitrogen and oxygen atoms in total. The zero-order valence-corrected chi connectivity index (χ0v) is 12.5. The Hall–Kier alpha value is -1.39. The highest BCUT2D eigenvalue weighted by Crippen LogP contribution is 2.26. The van der Waals surface area contributed by atoms with Crippen molar-refractivity contribution < 1.29 is 9.84 Å². The maximum Gasteiger partial charge on any atom is 0.140 e. The Morgan fingerprint density at radius 2 is 1.84 bits per heavy atom. The Morgan fingerprint density at radius 1 is 1.21 bits per heavy atom. The summed E-state index contributed by atoms with van der Waals surface area (Å²) in [5, 5.41) is 10.8. The molecule has 0 bridgehead atoms. The molecule has 0 radical (unpaired) electrons. The number of benzene rings is 1. The molecule has 102 valence electrons. The van der Waals surface area contributed by atoms with Gasteiger partial charge in [-0.3, -0.25) is 0 Å². The van der Waals surface area contributed by atoms with Gasteiger partial charge >= 0.3 is 0 Å². The lowest BCUT2D eigenvalue weighted by Gasteiger charge is -2.13. The quantitative estimate of drug-likeness (QED) is 0.929. The van der Waals surface area contributed by atoms with Gasteiger partial charge in [-0.1, -0.05) is 6.07 Å². The van der Waals surface area contributed by atoms with Gasteiger partial charge in [0.25, 0.3) is 0 Å². The first kappa shape index (κ1) is 14.0. The predicted molar refractivity (Wildman–Crippen MR) is 77.6 cm³/mol. The Bertz CT molecular complexity index is 550. The van der Waals surface area contributed by atoms with E-state index in [1.165, 1.54) is 22.5 Å². The highest BCUT2D eigenvalue weighted by atomic mass is 32.1. The fraction of sp³-hybridized carbons (Fsp3) is 0.400. The molecule has 0 aliphatic carbocycles. The van der Waals surface area contributed by atoms with E-state index < -0.39 is 5.60 Å². The molecule has 0 saturated heterocycles. The number of aryl methyl sites for hydroxylation is 2. The monoisotopic (exact) mass is 277 g/mol. The number of ether oxygens (including phenoxy) is 1. The van der Waals surface area contributed by atoms with E-state index in [1.807, 2.05) is 12.1 Å². The summed E-state index contributed by atoms with van der Waals surface area (Å²) in [7, 11) is 0. The molecule has 0 spiro atoms. The first-order chi connectivity index (χ1) is 8.84. The van der Waals surface area contributed by atoms with Crippen LogP contribution in [0, 0.1) is 13.8 Å². The average Bonchev–Trinajstić information content (AvgIpc) is 2.73. The molecule has 0 atom stereocenters. The summed E-state index contributed by atoms with van der Waals surface area (Å²) in [4.78, 5) is 5.13. The molecule has 0 unspecified atom stereocenters. The number of rotatable bonds is 4. The molecule has 0 aliphatic heterocycles. The summed E-state index contributed by atoms with van der Waals surface area (Å²) >= 11 is 1.48. The van der Waals surface area contributed by atoms with E-state index in [2.05, 4.69) is 24.9 Å². The van der Waals surface area contributed by atoms with Crippen LogP contribution in [0.2, 0.25) is 0 Å². The van der Waals surface area contributed by atoms with Gasteiger partial charge in [-0.15, -0.1) is 11.3 Å². The lowest BCUT2D eigenvalue weighted by Crippen LogP contribution is -2.12. The molecule has 1 aromatic carbocycles. The van der Waals surface area contributed by atoms with Crippen molar-refractivity contribution in [2.45, 2.75) is 39.9 Å². The first-order valence-corrected chi connectivity index (χ1v) is 7.05. The molecule has 2 aromatic rings. The standard InChI is InChI=1S/C15H19NO2S/c1-10-5-11(2)7-12(6-10)18-9-14-16-8-13(19-14)15(3,4)17/h5-8,17H,9H2,1-4H3. The fourth-order valence-corrected chi connectivity index (χ4v) is 2.65. The zero-order chi connectivity index (χ0) is 14.0. The van der Waals surface area contributed by atoms with Crippen molar-refractivity contribution in [3.63, 3.8) is 0 Å². The third-order valence-electron chi connectivity index (χ3n) is 2.71. The number of aromatic nitrogens is 1. The second kappa shape index (κ2) is 5.31. The van der Waals surface area contributed by atoms with Crippen LogP contribution < -0.4 is 4.74 Å². The molecule has 0 aliphatic rings. The van der Waals surface area contributed by atoms with Crippen molar-refractivity contribution in [3.05, 3.63) is 45.4 Å². The van der Waals surface area contributed by atoms with Crippen LogP contribution in [0.4, 0.5) is 0 Å². The number of aliphatic hydroxyl groups is 1. The second-order valence-corrected chi connectivity index (χ2v) is 6.40. The molecule has 1 N–H and O–H groups in total. The highest BCUT2D eigenvalue weighted by molar-refractivity contribution is 7.11. The lowest BCUT2D eigenvalue weighted by atomic mass is 10.1. The summed E-state index contributed by atoms with van der Waals surface area (Å²) in [5.74, 6) is 0.859. The SMILES string of the molecule is Cc1cc(C)cc(OCc2ncc(C(C)(C)O)s2)c1. The molecule has 0 amide bonds. The lowest BCUT2D eigenvalue weighted by molar-refractivity contribution is 0.0823. The van der Waals surface area contributed by atoms with Gasteiger partial charge in [-0.2, -0.15) is 0 Å². The van der Waals surface area contributed by atoms with E-state index in [0.717, 1.165) is 15.6 Å². The molecular formula is C15H19NO2S. The van der Waals surface area contributed by atoms with E-state index >= 15 is 0 Å². The van der Waals surface area contributed by atoms with E-state index in [9.17, 15) is 5.11 Å². The van der Waals surface area contributed by atoms with E-state index in [1.54, 1.807) is 20.0 Å². The number of thiazole rings is 1. The minimum atomic E-state index is -0.837. The van der Waals surface area contributed by atoms with Crippen LogP contribution in [0.25, 0.3) is 0 Å². The Kier molecular flexibility index (Phi) is 3.92. The summed E-state index contributed by atoms with van der Waals surface area (Å²) in [5.41, 5.74) is 1.54. The van der Waals surface area contributed by atoms with Crippen molar-refractivity contribution >= 4 is 11.3 Å². The largest absolute Gasteiger partial charge is 0.486 e. The van der Waals surface area contributed by atoms with Gasteiger partial charge in [0, 0.05) is 6.20 Å². The van der Waals surface area contributed by atoms with Gasteiger partial charge in [0.2, 0.25) is 0 Å².